The number of rotatable bonds is 2. The Balaban J connectivity index is 2.42. The maximum absolute atomic E-state index is 5.48. The topological polar surface area (TPSA) is 34.2 Å². The van der Waals surface area contributed by atoms with Gasteiger partial charge in [0.15, 0.2) is 0 Å². The van der Waals surface area contributed by atoms with E-state index in [1.807, 2.05) is 13.1 Å². The molecule has 0 bridgehead atoms. The quantitative estimate of drug-likeness (QED) is 0.893. The molecule has 2 aromatic rings. The molecule has 1 aromatic heterocycles. The predicted molar refractivity (Wildman–Crippen MR) is 79.2 cm³/mol. The third-order valence-electron chi connectivity index (χ3n) is 4.06. The van der Waals surface area contributed by atoms with Gasteiger partial charge in [-0.15, -0.1) is 0 Å². The number of hydrogen-bond donors (Lipinski definition) is 1. The van der Waals surface area contributed by atoms with Gasteiger partial charge in [-0.3, -0.25) is 0 Å². The second-order valence-electron chi connectivity index (χ2n) is 5.18. The van der Waals surface area contributed by atoms with Gasteiger partial charge >= 0.3 is 0 Å². The molecule has 0 spiro atoms. The zero-order chi connectivity index (χ0) is 13.4. The summed E-state index contributed by atoms with van der Waals surface area (Å²) < 4.78 is 5.48. The molecular formula is C16H20N2O. The number of fused-ring (bicyclic) bond motifs is 2. The fraction of sp³-hybridized carbons (Fsp3) is 0.438. The van der Waals surface area contributed by atoms with E-state index >= 15 is 0 Å². The Bertz CT molecular complexity index is 634. The summed E-state index contributed by atoms with van der Waals surface area (Å²) in [6.45, 7) is 2.14. The number of aromatic nitrogens is 1. The van der Waals surface area contributed by atoms with E-state index in [1.165, 1.54) is 40.7 Å². The lowest BCUT2D eigenvalue weighted by Crippen LogP contribution is -2.10. The first-order valence-corrected chi connectivity index (χ1v) is 6.93. The molecule has 3 nitrogen and oxygen atoms in total. The molecular weight excluding hydrogens is 236 g/mol. The molecule has 0 saturated carbocycles. The smallest absolute Gasteiger partial charge is 0.145 e. The average molecular weight is 256 g/mol. The van der Waals surface area contributed by atoms with E-state index in [1.54, 1.807) is 7.11 Å². The van der Waals surface area contributed by atoms with Crippen LogP contribution in [0.4, 0.5) is 5.69 Å². The molecule has 0 saturated heterocycles. The van der Waals surface area contributed by atoms with Gasteiger partial charge in [0.1, 0.15) is 11.3 Å². The first kappa shape index (κ1) is 12.3. The highest BCUT2D eigenvalue weighted by Crippen LogP contribution is 2.38. The molecule has 0 atom stereocenters. The van der Waals surface area contributed by atoms with E-state index in [0.717, 1.165) is 24.1 Å². The van der Waals surface area contributed by atoms with Crippen molar-refractivity contribution < 1.29 is 4.74 Å². The summed E-state index contributed by atoms with van der Waals surface area (Å²) >= 11 is 0. The Labute approximate surface area is 114 Å². The van der Waals surface area contributed by atoms with Crippen molar-refractivity contribution in [2.45, 2.75) is 32.6 Å². The van der Waals surface area contributed by atoms with Gasteiger partial charge in [-0.25, -0.2) is 4.98 Å². The van der Waals surface area contributed by atoms with Crippen molar-refractivity contribution in [1.29, 1.82) is 0 Å². The van der Waals surface area contributed by atoms with Crippen LogP contribution in [-0.4, -0.2) is 19.1 Å². The molecule has 0 unspecified atom stereocenters. The van der Waals surface area contributed by atoms with Gasteiger partial charge < -0.3 is 10.1 Å². The maximum Gasteiger partial charge on any atom is 0.145 e. The molecule has 1 N–H and O–H groups in total. The van der Waals surface area contributed by atoms with E-state index in [2.05, 4.69) is 18.3 Å². The standard InChI is InChI=1S/C16H20N2O/c1-10-8-9-13(19-3)16-14(10)15(17-2)11-6-4-5-7-12(11)18-16/h8-9H,4-7H2,1-3H3,(H,17,18). The first-order valence-electron chi connectivity index (χ1n) is 6.93. The minimum absolute atomic E-state index is 0.866. The number of hydrogen-bond acceptors (Lipinski definition) is 3. The second kappa shape index (κ2) is 4.72. The summed E-state index contributed by atoms with van der Waals surface area (Å²) in [6, 6.07) is 4.12. The number of anilines is 1. The summed E-state index contributed by atoms with van der Waals surface area (Å²) in [7, 11) is 3.72. The molecule has 0 aliphatic heterocycles. The Kier molecular flexibility index (Phi) is 3.05. The summed E-state index contributed by atoms with van der Waals surface area (Å²) in [5.41, 5.74) is 6.13. The Morgan fingerprint density at radius 2 is 2.00 bits per heavy atom. The van der Waals surface area contributed by atoms with Crippen LogP contribution in [0.1, 0.15) is 29.7 Å². The van der Waals surface area contributed by atoms with Crippen LogP contribution >= 0.6 is 0 Å². The van der Waals surface area contributed by atoms with Crippen molar-refractivity contribution in [3.8, 4) is 5.75 Å². The molecule has 3 heteroatoms. The molecule has 0 radical (unpaired) electrons. The lowest BCUT2D eigenvalue weighted by atomic mass is 9.91. The Morgan fingerprint density at radius 1 is 1.21 bits per heavy atom. The van der Waals surface area contributed by atoms with Gasteiger partial charge in [0.05, 0.1) is 7.11 Å². The predicted octanol–water partition coefficient (Wildman–Crippen LogP) is 3.47. The number of benzene rings is 1. The van der Waals surface area contributed by atoms with Crippen molar-refractivity contribution in [3.63, 3.8) is 0 Å². The van der Waals surface area contributed by atoms with Crippen LogP contribution in [-0.2, 0) is 12.8 Å². The number of aryl methyl sites for hydroxylation is 2. The Hall–Kier alpha value is -1.77. The van der Waals surface area contributed by atoms with Gasteiger partial charge in [0.25, 0.3) is 0 Å². The minimum Gasteiger partial charge on any atom is -0.494 e. The van der Waals surface area contributed by atoms with Crippen molar-refractivity contribution in [2.75, 3.05) is 19.5 Å². The van der Waals surface area contributed by atoms with Crippen LogP contribution in [0.5, 0.6) is 5.75 Å². The molecule has 1 aliphatic carbocycles. The summed E-state index contributed by atoms with van der Waals surface area (Å²) in [5.74, 6) is 0.866. The van der Waals surface area contributed by atoms with Gasteiger partial charge in [0, 0.05) is 23.8 Å². The van der Waals surface area contributed by atoms with Crippen LogP contribution in [0, 0.1) is 6.92 Å². The number of nitrogens with zero attached hydrogens (tertiary/aromatic N) is 1. The third kappa shape index (κ3) is 1.84. The van der Waals surface area contributed by atoms with Crippen LogP contribution in [0.15, 0.2) is 12.1 Å². The molecule has 3 rings (SSSR count). The van der Waals surface area contributed by atoms with Crippen LogP contribution in [0.3, 0.4) is 0 Å². The zero-order valence-corrected chi connectivity index (χ0v) is 11.8. The van der Waals surface area contributed by atoms with Gasteiger partial charge in [-0.1, -0.05) is 6.07 Å². The van der Waals surface area contributed by atoms with E-state index in [0.29, 0.717) is 0 Å². The van der Waals surface area contributed by atoms with Gasteiger partial charge in [-0.05, 0) is 49.8 Å². The summed E-state index contributed by atoms with van der Waals surface area (Å²) in [4.78, 5) is 4.89. The van der Waals surface area contributed by atoms with Crippen molar-refractivity contribution in [2.24, 2.45) is 0 Å². The van der Waals surface area contributed by atoms with E-state index in [-0.39, 0.29) is 0 Å². The van der Waals surface area contributed by atoms with Crippen LogP contribution in [0.25, 0.3) is 10.9 Å². The highest BCUT2D eigenvalue weighted by Gasteiger charge is 2.20. The molecule has 1 aromatic carbocycles. The fourth-order valence-electron chi connectivity index (χ4n) is 3.11. The zero-order valence-electron chi connectivity index (χ0n) is 11.8. The Morgan fingerprint density at radius 3 is 2.74 bits per heavy atom. The number of nitrogens with one attached hydrogen (secondary N) is 1. The molecule has 1 aliphatic rings. The monoisotopic (exact) mass is 256 g/mol. The number of methoxy groups -OCH3 is 1. The minimum atomic E-state index is 0.866. The molecule has 1 heterocycles. The van der Waals surface area contributed by atoms with Crippen LogP contribution < -0.4 is 10.1 Å². The average Bonchev–Trinajstić information content (AvgIpc) is 2.45. The largest absolute Gasteiger partial charge is 0.494 e. The van der Waals surface area contributed by atoms with Gasteiger partial charge in [-0.2, -0.15) is 0 Å². The summed E-state index contributed by atoms with van der Waals surface area (Å²) in [5, 5.41) is 4.61. The van der Waals surface area contributed by atoms with Crippen molar-refractivity contribution >= 4 is 16.6 Å². The SMILES string of the molecule is CNc1c2c(nc3c(OC)ccc(C)c13)CCCC2. The molecule has 0 fully saturated rings. The highest BCUT2D eigenvalue weighted by molar-refractivity contribution is 5.99. The maximum atomic E-state index is 5.48. The molecule has 19 heavy (non-hydrogen) atoms. The van der Waals surface area contributed by atoms with E-state index in [4.69, 9.17) is 9.72 Å². The molecule has 0 amide bonds. The van der Waals surface area contributed by atoms with Crippen molar-refractivity contribution in [1.82, 2.24) is 4.98 Å². The van der Waals surface area contributed by atoms with E-state index in [9.17, 15) is 0 Å². The fourth-order valence-corrected chi connectivity index (χ4v) is 3.11. The lowest BCUT2D eigenvalue weighted by molar-refractivity contribution is 0.418. The van der Waals surface area contributed by atoms with Crippen LogP contribution in [0.2, 0.25) is 0 Å². The van der Waals surface area contributed by atoms with Crippen molar-refractivity contribution in [3.05, 3.63) is 29.0 Å². The summed E-state index contributed by atoms with van der Waals surface area (Å²) in [6.07, 6.45) is 4.71. The molecule has 100 valence electrons. The van der Waals surface area contributed by atoms with Gasteiger partial charge in [0.2, 0.25) is 0 Å². The normalized spacial score (nSPS) is 14.3. The third-order valence-corrected chi connectivity index (χ3v) is 4.06. The van der Waals surface area contributed by atoms with E-state index < -0.39 is 0 Å². The number of pyridine rings is 1. The number of ether oxygens (including phenoxy) is 1. The second-order valence-corrected chi connectivity index (χ2v) is 5.18. The first-order chi connectivity index (χ1) is 9.26. The lowest BCUT2D eigenvalue weighted by Gasteiger charge is -2.22. The highest BCUT2D eigenvalue weighted by atomic mass is 16.5.